The molecule has 0 bridgehead atoms. The van der Waals surface area contributed by atoms with E-state index in [1.807, 2.05) is 37.8 Å². The van der Waals surface area contributed by atoms with E-state index >= 15 is 0 Å². The standard InChI is InChI=1S/C27H40N4O4/c1-27(2,3)35-26(34)31-13-11-20(12-14-31)19-29-15-17-30(18-16-29)22-7-5-21(6-8-22)23-9-10-24(32)28(4)25(23)33/h5-8,20,23H,9-19H2,1-4H3. The Balaban J connectivity index is 1.21. The van der Waals surface area contributed by atoms with Gasteiger partial charge in [0.1, 0.15) is 5.60 Å². The fourth-order valence-electron chi connectivity index (χ4n) is 5.32. The van der Waals surface area contributed by atoms with Crippen molar-refractivity contribution >= 4 is 23.6 Å². The number of amides is 3. The Hall–Kier alpha value is -2.61. The molecule has 3 fully saturated rings. The molecule has 3 amide bonds. The summed E-state index contributed by atoms with van der Waals surface area (Å²) in [6, 6.07) is 8.32. The molecule has 8 heteroatoms. The second kappa shape index (κ2) is 10.6. The lowest BCUT2D eigenvalue weighted by atomic mass is 9.89. The highest BCUT2D eigenvalue weighted by Crippen LogP contribution is 2.30. The van der Waals surface area contributed by atoms with Crippen LogP contribution in [0.5, 0.6) is 0 Å². The first-order valence-electron chi connectivity index (χ1n) is 13.0. The van der Waals surface area contributed by atoms with E-state index in [2.05, 4.69) is 21.9 Å². The average Bonchev–Trinajstić information content (AvgIpc) is 2.83. The Kier molecular flexibility index (Phi) is 7.69. The fraction of sp³-hybridized carbons (Fsp3) is 0.667. The number of nitrogens with zero attached hydrogens (tertiary/aromatic N) is 4. The SMILES string of the molecule is CN1C(=O)CCC(c2ccc(N3CCN(CC4CCN(C(=O)OC(C)(C)C)CC4)CC3)cc2)C1=O. The summed E-state index contributed by atoms with van der Waals surface area (Å²) in [4.78, 5) is 44.6. The summed E-state index contributed by atoms with van der Waals surface area (Å²) in [7, 11) is 1.58. The zero-order valence-corrected chi connectivity index (χ0v) is 21.7. The van der Waals surface area contributed by atoms with Crippen LogP contribution >= 0.6 is 0 Å². The van der Waals surface area contributed by atoms with Crippen molar-refractivity contribution in [2.45, 2.75) is 58.0 Å². The number of carbonyl (C=O) groups excluding carboxylic acids is 3. The van der Waals surface area contributed by atoms with Gasteiger partial charge in [0.25, 0.3) is 0 Å². The highest BCUT2D eigenvalue weighted by Gasteiger charge is 2.33. The van der Waals surface area contributed by atoms with Gasteiger partial charge in [-0.05, 0) is 63.6 Å². The summed E-state index contributed by atoms with van der Waals surface area (Å²) >= 11 is 0. The van der Waals surface area contributed by atoms with Crippen molar-refractivity contribution in [2.75, 3.05) is 57.8 Å². The van der Waals surface area contributed by atoms with Crippen molar-refractivity contribution < 1.29 is 19.1 Å². The molecule has 1 aromatic carbocycles. The van der Waals surface area contributed by atoms with E-state index in [0.717, 1.165) is 64.2 Å². The van der Waals surface area contributed by atoms with Crippen LogP contribution in [0.3, 0.4) is 0 Å². The quantitative estimate of drug-likeness (QED) is 0.611. The highest BCUT2D eigenvalue weighted by molar-refractivity contribution is 6.00. The van der Waals surface area contributed by atoms with Crippen LogP contribution in [-0.4, -0.2) is 91.1 Å². The van der Waals surface area contributed by atoms with Gasteiger partial charge in [-0.15, -0.1) is 0 Å². The second-order valence-corrected chi connectivity index (χ2v) is 11.2. The maximum absolute atomic E-state index is 12.5. The molecule has 3 aliphatic heterocycles. The summed E-state index contributed by atoms with van der Waals surface area (Å²) in [5, 5.41) is 0. The summed E-state index contributed by atoms with van der Waals surface area (Å²) in [5.41, 5.74) is 1.74. The molecule has 1 unspecified atom stereocenters. The molecule has 0 saturated carbocycles. The zero-order valence-electron chi connectivity index (χ0n) is 21.7. The molecule has 1 aromatic rings. The molecule has 192 valence electrons. The van der Waals surface area contributed by atoms with Gasteiger partial charge in [-0.25, -0.2) is 4.79 Å². The maximum atomic E-state index is 12.5. The zero-order chi connectivity index (χ0) is 25.2. The van der Waals surface area contributed by atoms with Gasteiger partial charge in [-0.1, -0.05) is 12.1 Å². The lowest BCUT2D eigenvalue weighted by Crippen LogP contribution is -2.49. The van der Waals surface area contributed by atoms with Crippen molar-refractivity contribution in [1.82, 2.24) is 14.7 Å². The maximum Gasteiger partial charge on any atom is 0.410 e. The Morgan fingerprint density at radius 1 is 0.943 bits per heavy atom. The van der Waals surface area contributed by atoms with Crippen LogP contribution in [0.4, 0.5) is 10.5 Å². The summed E-state index contributed by atoms with van der Waals surface area (Å²) < 4.78 is 5.51. The van der Waals surface area contributed by atoms with Gasteiger partial charge in [0.15, 0.2) is 0 Å². The Bertz CT molecular complexity index is 910. The average molecular weight is 485 g/mol. The van der Waals surface area contributed by atoms with Gasteiger partial charge in [-0.2, -0.15) is 0 Å². The molecule has 3 aliphatic rings. The van der Waals surface area contributed by atoms with Crippen LogP contribution in [0.25, 0.3) is 0 Å². The van der Waals surface area contributed by atoms with Crippen LogP contribution in [0, 0.1) is 5.92 Å². The van der Waals surface area contributed by atoms with E-state index in [0.29, 0.717) is 18.8 Å². The molecular formula is C27H40N4O4. The number of likely N-dealkylation sites (N-methyl/N-ethyl adjacent to an activating group) is 1. The molecular weight excluding hydrogens is 444 g/mol. The molecule has 0 N–H and O–H groups in total. The van der Waals surface area contributed by atoms with Crippen LogP contribution in [0.1, 0.15) is 57.9 Å². The monoisotopic (exact) mass is 484 g/mol. The van der Waals surface area contributed by atoms with Gasteiger partial charge < -0.3 is 14.5 Å². The smallest absolute Gasteiger partial charge is 0.410 e. The van der Waals surface area contributed by atoms with Crippen LogP contribution in [0.15, 0.2) is 24.3 Å². The first-order chi connectivity index (χ1) is 16.6. The van der Waals surface area contributed by atoms with Gasteiger partial charge >= 0.3 is 6.09 Å². The molecule has 3 saturated heterocycles. The summed E-state index contributed by atoms with van der Waals surface area (Å²) in [5.74, 6) is 0.219. The third kappa shape index (κ3) is 6.34. The van der Waals surface area contributed by atoms with Crippen LogP contribution < -0.4 is 4.90 Å². The number of ether oxygens (including phenoxy) is 1. The number of benzene rings is 1. The Labute approximate surface area is 209 Å². The predicted octanol–water partition coefficient (Wildman–Crippen LogP) is 3.32. The number of piperazine rings is 1. The second-order valence-electron chi connectivity index (χ2n) is 11.2. The first kappa shape index (κ1) is 25.5. The number of piperidine rings is 2. The number of hydrogen-bond acceptors (Lipinski definition) is 6. The highest BCUT2D eigenvalue weighted by atomic mass is 16.6. The molecule has 4 rings (SSSR count). The number of hydrogen-bond donors (Lipinski definition) is 0. The van der Waals surface area contributed by atoms with Crippen molar-refractivity contribution in [3.63, 3.8) is 0 Å². The van der Waals surface area contributed by atoms with Crippen molar-refractivity contribution in [2.24, 2.45) is 5.92 Å². The molecule has 3 heterocycles. The molecule has 0 radical (unpaired) electrons. The van der Waals surface area contributed by atoms with Crippen molar-refractivity contribution in [3.8, 4) is 0 Å². The van der Waals surface area contributed by atoms with E-state index in [9.17, 15) is 14.4 Å². The van der Waals surface area contributed by atoms with E-state index in [4.69, 9.17) is 4.74 Å². The van der Waals surface area contributed by atoms with Crippen molar-refractivity contribution in [1.29, 1.82) is 0 Å². The number of rotatable bonds is 4. The Morgan fingerprint density at radius 2 is 1.57 bits per heavy atom. The van der Waals surface area contributed by atoms with Gasteiger partial charge in [0, 0.05) is 65.0 Å². The van der Waals surface area contributed by atoms with E-state index in [1.165, 1.54) is 10.6 Å². The topological polar surface area (TPSA) is 73.4 Å². The molecule has 1 atom stereocenters. The van der Waals surface area contributed by atoms with Crippen LogP contribution in [0.2, 0.25) is 0 Å². The minimum absolute atomic E-state index is 0.0886. The number of carbonyl (C=O) groups is 3. The van der Waals surface area contributed by atoms with Gasteiger partial charge in [-0.3, -0.25) is 19.4 Å². The lowest BCUT2D eigenvalue weighted by Gasteiger charge is -2.39. The molecule has 0 aromatic heterocycles. The first-order valence-corrected chi connectivity index (χ1v) is 13.0. The van der Waals surface area contributed by atoms with Crippen LogP contribution in [-0.2, 0) is 14.3 Å². The van der Waals surface area contributed by atoms with E-state index in [-0.39, 0.29) is 23.8 Å². The minimum Gasteiger partial charge on any atom is -0.444 e. The van der Waals surface area contributed by atoms with Crippen molar-refractivity contribution in [3.05, 3.63) is 29.8 Å². The lowest BCUT2D eigenvalue weighted by molar-refractivity contribution is -0.147. The van der Waals surface area contributed by atoms with E-state index < -0.39 is 5.60 Å². The number of likely N-dealkylation sites (tertiary alicyclic amines) is 2. The van der Waals surface area contributed by atoms with E-state index in [1.54, 1.807) is 7.05 Å². The normalized spacial score (nSPS) is 23.1. The molecule has 35 heavy (non-hydrogen) atoms. The number of anilines is 1. The number of imide groups is 1. The molecule has 0 spiro atoms. The third-order valence-corrected chi connectivity index (χ3v) is 7.47. The minimum atomic E-state index is -0.446. The Morgan fingerprint density at radius 3 is 2.17 bits per heavy atom. The fourth-order valence-corrected chi connectivity index (χ4v) is 5.32. The van der Waals surface area contributed by atoms with Gasteiger partial charge in [0.05, 0.1) is 5.92 Å². The molecule has 8 nitrogen and oxygen atoms in total. The molecule has 0 aliphatic carbocycles. The largest absolute Gasteiger partial charge is 0.444 e. The van der Waals surface area contributed by atoms with Gasteiger partial charge in [0.2, 0.25) is 11.8 Å². The summed E-state index contributed by atoms with van der Waals surface area (Å²) in [6.07, 6.45) is 2.89. The predicted molar refractivity (Wildman–Crippen MR) is 135 cm³/mol. The summed E-state index contributed by atoms with van der Waals surface area (Å²) in [6.45, 7) is 12.4. The third-order valence-electron chi connectivity index (χ3n) is 7.47.